The number of hydrogen-bond donors (Lipinski definition) is 0. The summed E-state index contributed by atoms with van der Waals surface area (Å²) >= 11 is 1.38. The van der Waals surface area contributed by atoms with E-state index in [-0.39, 0.29) is 22.8 Å². The third kappa shape index (κ3) is 5.62. The zero-order valence-corrected chi connectivity index (χ0v) is 19.7. The van der Waals surface area contributed by atoms with E-state index in [1.165, 1.54) is 12.1 Å². The first-order valence-corrected chi connectivity index (χ1v) is 11.6. The Morgan fingerprint density at radius 3 is 1.92 bits per heavy atom. The molecule has 0 saturated carbocycles. The molecule has 2 aromatic heterocycles. The Hall–Kier alpha value is -3.60. The van der Waals surface area contributed by atoms with Crippen molar-refractivity contribution in [3.05, 3.63) is 80.7 Å². The Kier molecular flexibility index (Phi) is 6.94. The average Bonchev–Trinajstić information content (AvgIpc) is 3.47. The number of nitro groups is 1. The summed E-state index contributed by atoms with van der Waals surface area (Å²) in [6.45, 7) is 0. The second-order valence-corrected chi connectivity index (χ2v) is 9.38. The van der Waals surface area contributed by atoms with Crippen molar-refractivity contribution < 1.29 is 44.4 Å². The maximum Gasteiger partial charge on any atom is 0.416 e. The van der Waals surface area contributed by atoms with Crippen LogP contribution >= 0.6 is 23.1 Å². The fourth-order valence-electron chi connectivity index (χ4n) is 3.22. The molecule has 0 aliphatic heterocycles. The third-order valence-corrected chi connectivity index (χ3v) is 6.77. The molecular weight excluding hydrogens is 575 g/mol. The molecule has 200 valence electrons. The van der Waals surface area contributed by atoms with Gasteiger partial charge in [0.05, 0.1) is 37.1 Å². The van der Waals surface area contributed by atoms with E-state index < -0.39 is 61.6 Å². The fraction of sp³-hybridized carbons (Fsp3) is 0.143. The number of benzene rings is 2. The van der Waals surface area contributed by atoms with Crippen LogP contribution in [-0.4, -0.2) is 19.7 Å². The SMILES string of the molecule is O=[N+]([O-])c1cc(C(F)(F)F)ccc1Sc1nnc(-c2cccs2)n1-c1cc(C(F)(F)F)cc(C(F)(F)F)c1. The van der Waals surface area contributed by atoms with Crippen LogP contribution in [-0.2, 0) is 18.5 Å². The van der Waals surface area contributed by atoms with Crippen LogP contribution in [0.3, 0.4) is 0 Å². The molecule has 4 rings (SSSR count). The topological polar surface area (TPSA) is 73.8 Å². The van der Waals surface area contributed by atoms with Crippen LogP contribution in [0.1, 0.15) is 16.7 Å². The third-order valence-electron chi connectivity index (χ3n) is 4.89. The molecule has 17 heteroatoms. The van der Waals surface area contributed by atoms with Crippen LogP contribution in [0.4, 0.5) is 45.2 Å². The van der Waals surface area contributed by atoms with Gasteiger partial charge >= 0.3 is 18.5 Å². The highest BCUT2D eigenvalue weighted by Crippen LogP contribution is 2.42. The zero-order valence-electron chi connectivity index (χ0n) is 18.0. The molecule has 0 unspecified atom stereocenters. The quantitative estimate of drug-likeness (QED) is 0.135. The predicted octanol–water partition coefficient (Wildman–Crippen LogP) is 8.11. The van der Waals surface area contributed by atoms with Crippen molar-refractivity contribution in [1.29, 1.82) is 0 Å². The molecule has 38 heavy (non-hydrogen) atoms. The van der Waals surface area contributed by atoms with Crippen LogP contribution in [0.15, 0.2) is 64.0 Å². The van der Waals surface area contributed by atoms with Gasteiger partial charge in [-0.2, -0.15) is 39.5 Å². The summed E-state index contributed by atoms with van der Waals surface area (Å²) in [5, 5.41) is 20.2. The largest absolute Gasteiger partial charge is 0.416 e. The summed E-state index contributed by atoms with van der Waals surface area (Å²) in [6.07, 6.45) is -15.3. The monoisotopic (exact) mass is 584 g/mol. The summed E-state index contributed by atoms with van der Waals surface area (Å²) in [6, 6.07) is 5.30. The van der Waals surface area contributed by atoms with Crippen molar-refractivity contribution in [2.45, 2.75) is 28.6 Å². The first-order valence-electron chi connectivity index (χ1n) is 9.88. The van der Waals surface area contributed by atoms with Gasteiger partial charge in [-0.15, -0.1) is 21.5 Å². The minimum atomic E-state index is -5.17. The first kappa shape index (κ1) is 27.4. The van der Waals surface area contributed by atoms with Gasteiger partial charge in [-0.1, -0.05) is 6.07 Å². The number of rotatable bonds is 5. The van der Waals surface area contributed by atoms with Gasteiger partial charge in [-0.3, -0.25) is 14.7 Å². The highest BCUT2D eigenvalue weighted by Gasteiger charge is 2.38. The van der Waals surface area contributed by atoms with Crippen LogP contribution in [0, 0.1) is 10.1 Å². The van der Waals surface area contributed by atoms with E-state index in [4.69, 9.17) is 0 Å². The van der Waals surface area contributed by atoms with Crippen molar-refractivity contribution in [2.75, 3.05) is 0 Å². The van der Waals surface area contributed by atoms with Gasteiger partial charge in [0, 0.05) is 6.07 Å². The van der Waals surface area contributed by atoms with Crippen molar-refractivity contribution in [2.24, 2.45) is 0 Å². The molecule has 0 N–H and O–H groups in total. The molecule has 0 aliphatic carbocycles. The fourth-order valence-corrected chi connectivity index (χ4v) is 4.86. The molecule has 0 spiro atoms. The molecule has 0 amide bonds. The molecule has 4 aromatic rings. The van der Waals surface area contributed by atoms with E-state index in [9.17, 15) is 49.6 Å². The van der Waals surface area contributed by atoms with Crippen LogP contribution < -0.4 is 0 Å². The molecule has 2 heterocycles. The van der Waals surface area contributed by atoms with E-state index in [0.29, 0.717) is 30.0 Å². The lowest BCUT2D eigenvalue weighted by Gasteiger charge is -2.16. The van der Waals surface area contributed by atoms with E-state index in [1.807, 2.05) is 0 Å². The minimum absolute atomic E-state index is 0.0772. The number of aromatic nitrogens is 3. The number of halogens is 9. The lowest BCUT2D eigenvalue weighted by atomic mass is 10.1. The maximum atomic E-state index is 13.5. The number of hydrogen-bond acceptors (Lipinski definition) is 6. The summed E-state index contributed by atoms with van der Waals surface area (Å²) in [4.78, 5) is 10.2. The molecule has 0 aliphatic rings. The summed E-state index contributed by atoms with van der Waals surface area (Å²) in [5.74, 6) is -0.190. The number of alkyl halides is 9. The number of nitro benzene ring substituents is 1. The van der Waals surface area contributed by atoms with E-state index in [2.05, 4.69) is 10.2 Å². The maximum absolute atomic E-state index is 13.5. The van der Waals surface area contributed by atoms with Crippen molar-refractivity contribution >= 4 is 28.8 Å². The Bertz CT molecular complexity index is 1460. The summed E-state index contributed by atoms with van der Waals surface area (Å²) < 4.78 is 121. The lowest BCUT2D eigenvalue weighted by Crippen LogP contribution is -2.13. The molecule has 0 radical (unpaired) electrons. The van der Waals surface area contributed by atoms with Gasteiger partial charge in [-0.05, 0) is 53.5 Å². The van der Waals surface area contributed by atoms with Crippen LogP contribution in [0.2, 0.25) is 0 Å². The smallest absolute Gasteiger partial charge is 0.269 e. The first-order chi connectivity index (χ1) is 17.6. The number of nitrogens with zero attached hydrogens (tertiary/aromatic N) is 4. The Morgan fingerprint density at radius 2 is 1.42 bits per heavy atom. The second-order valence-electron chi connectivity index (χ2n) is 7.42. The van der Waals surface area contributed by atoms with Crippen LogP contribution in [0.25, 0.3) is 16.4 Å². The normalized spacial score (nSPS) is 12.7. The zero-order chi connectivity index (χ0) is 28.0. The van der Waals surface area contributed by atoms with Gasteiger partial charge < -0.3 is 0 Å². The molecule has 0 saturated heterocycles. The Labute approximate surface area is 213 Å². The lowest BCUT2D eigenvalue weighted by molar-refractivity contribution is -0.388. The van der Waals surface area contributed by atoms with Crippen molar-refractivity contribution in [1.82, 2.24) is 14.8 Å². The molecule has 0 fully saturated rings. The molecule has 6 nitrogen and oxygen atoms in total. The van der Waals surface area contributed by atoms with Crippen LogP contribution in [0.5, 0.6) is 0 Å². The van der Waals surface area contributed by atoms with E-state index in [0.717, 1.165) is 22.0 Å². The Morgan fingerprint density at radius 1 is 0.816 bits per heavy atom. The van der Waals surface area contributed by atoms with Gasteiger partial charge in [0.1, 0.15) is 0 Å². The Balaban J connectivity index is 1.94. The second kappa shape index (κ2) is 9.61. The van der Waals surface area contributed by atoms with Gasteiger partial charge in [0.15, 0.2) is 5.82 Å². The molecule has 2 aromatic carbocycles. The summed E-state index contributed by atoms with van der Waals surface area (Å²) in [7, 11) is 0. The molecule has 0 bridgehead atoms. The highest BCUT2D eigenvalue weighted by molar-refractivity contribution is 7.99. The summed E-state index contributed by atoms with van der Waals surface area (Å²) in [5.41, 5.74) is -6.27. The predicted molar refractivity (Wildman–Crippen MR) is 117 cm³/mol. The average molecular weight is 584 g/mol. The van der Waals surface area contributed by atoms with E-state index >= 15 is 0 Å². The minimum Gasteiger partial charge on any atom is -0.269 e. The molecular formula is C21H9F9N4O2S2. The molecule has 0 atom stereocenters. The van der Waals surface area contributed by atoms with Gasteiger partial charge in [0.25, 0.3) is 5.69 Å². The number of thiophene rings is 1. The van der Waals surface area contributed by atoms with E-state index in [1.54, 1.807) is 5.38 Å². The van der Waals surface area contributed by atoms with Gasteiger partial charge in [0.2, 0.25) is 5.16 Å². The van der Waals surface area contributed by atoms with Crippen molar-refractivity contribution in [3.63, 3.8) is 0 Å². The van der Waals surface area contributed by atoms with Crippen molar-refractivity contribution in [3.8, 4) is 16.4 Å². The van der Waals surface area contributed by atoms with Gasteiger partial charge in [-0.25, -0.2) is 0 Å². The highest BCUT2D eigenvalue weighted by atomic mass is 32.2. The standard InChI is InChI=1S/C21H9F9N4O2S2/c22-19(23,24)10-3-4-15(14(9-10)34(35)36)38-18-32-31-17(16-2-1-5-37-16)33(18)13-7-11(20(25,26)27)6-12(8-13)21(28,29)30/h1-9H.